The second kappa shape index (κ2) is 5.01. The Morgan fingerprint density at radius 3 is 2.65 bits per heavy atom. The maximum absolute atomic E-state index is 12.1. The molecule has 0 radical (unpaired) electrons. The summed E-state index contributed by atoms with van der Waals surface area (Å²) in [6.07, 6.45) is -4.41. The molecule has 0 saturated heterocycles. The van der Waals surface area contributed by atoms with Crippen LogP contribution < -0.4 is 5.73 Å². The molecule has 1 heterocycles. The van der Waals surface area contributed by atoms with Gasteiger partial charge in [-0.25, -0.2) is 4.98 Å². The standard InChI is InChI=1S/C9H12F3N3OS/c1-5(13)7-14-6(3-17-7)8(16)15(2)4-9(10,11)12/h3,5H,4,13H2,1-2H3. The predicted octanol–water partition coefficient (Wildman–Crippen LogP) is 1.80. The van der Waals surface area contributed by atoms with E-state index in [0.29, 0.717) is 9.91 Å². The summed E-state index contributed by atoms with van der Waals surface area (Å²) >= 11 is 1.16. The van der Waals surface area contributed by atoms with E-state index in [1.807, 2.05) is 0 Å². The molecular weight excluding hydrogens is 255 g/mol. The first-order valence-corrected chi connectivity index (χ1v) is 5.62. The smallest absolute Gasteiger partial charge is 0.331 e. The Hall–Kier alpha value is -1.15. The van der Waals surface area contributed by atoms with Gasteiger partial charge in [0, 0.05) is 12.4 Å². The molecule has 0 aliphatic rings. The number of nitrogens with two attached hydrogens (primary N) is 1. The molecule has 17 heavy (non-hydrogen) atoms. The number of hydrogen-bond acceptors (Lipinski definition) is 4. The van der Waals surface area contributed by atoms with Crippen LogP contribution in [0.4, 0.5) is 13.2 Å². The van der Waals surface area contributed by atoms with Crippen LogP contribution in [0, 0.1) is 0 Å². The molecule has 1 aromatic rings. The van der Waals surface area contributed by atoms with Crippen molar-refractivity contribution in [1.29, 1.82) is 0 Å². The molecule has 1 unspecified atom stereocenters. The monoisotopic (exact) mass is 267 g/mol. The largest absolute Gasteiger partial charge is 0.406 e. The summed E-state index contributed by atoms with van der Waals surface area (Å²) in [5, 5.41) is 1.93. The van der Waals surface area contributed by atoms with Gasteiger partial charge in [-0.05, 0) is 6.92 Å². The van der Waals surface area contributed by atoms with E-state index in [2.05, 4.69) is 4.98 Å². The normalized spacial score (nSPS) is 13.5. The summed E-state index contributed by atoms with van der Waals surface area (Å²) in [6.45, 7) is 0.392. The number of amides is 1. The van der Waals surface area contributed by atoms with Gasteiger partial charge in [0.2, 0.25) is 0 Å². The molecule has 0 aliphatic carbocycles. The van der Waals surface area contributed by atoms with Crippen molar-refractivity contribution in [3.63, 3.8) is 0 Å². The van der Waals surface area contributed by atoms with Crippen molar-refractivity contribution in [3.8, 4) is 0 Å². The Morgan fingerprint density at radius 2 is 2.24 bits per heavy atom. The minimum absolute atomic E-state index is 0.00551. The fourth-order valence-corrected chi connectivity index (χ4v) is 1.88. The Labute approximate surface area is 100 Å². The zero-order valence-corrected chi connectivity index (χ0v) is 10.1. The minimum atomic E-state index is -4.41. The maximum Gasteiger partial charge on any atom is 0.406 e. The zero-order chi connectivity index (χ0) is 13.2. The molecule has 0 fully saturated rings. The number of hydrogen-bond donors (Lipinski definition) is 1. The third-order valence-corrected chi connectivity index (χ3v) is 2.94. The number of thiazole rings is 1. The first-order chi connectivity index (χ1) is 7.70. The molecule has 2 N–H and O–H groups in total. The highest BCUT2D eigenvalue weighted by atomic mass is 32.1. The second-order valence-electron chi connectivity index (χ2n) is 3.64. The van der Waals surface area contributed by atoms with Gasteiger partial charge in [-0.3, -0.25) is 4.79 Å². The Kier molecular flexibility index (Phi) is 4.10. The molecule has 0 aromatic carbocycles. The van der Waals surface area contributed by atoms with Crippen LogP contribution in [0.1, 0.15) is 28.5 Å². The first-order valence-electron chi connectivity index (χ1n) is 4.74. The Bertz CT molecular complexity index is 402. The van der Waals surface area contributed by atoms with Crippen molar-refractivity contribution in [2.45, 2.75) is 19.1 Å². The molecule has 1 amide bonds. The van der Waals surface area contributed by atoms with Gasteiger partial charge < -0.3 is 10.6 Å². The lowest BCUT2D eigenvalue weighted by molar-refractivity contribution is -0.138. The lowest BCUT2D eigenvalue weighted by atomic mass is 10.3. The van der Waals surface area contributed by atoms with Crippen LogP contribution >= 0.6 is 11.3 Å². The summed E-state index contributed by atoms with van der Waals surface area (Å²) in [7, 11) is 1.08. The van der Waals surface area contributed by atoms with E-state index in [9.17, 15) is 18.0 Å². The number of aromatic nitrogens is 1. The van der Waals surface area contributed by atoms with Crippen LogP contribution in [-0.4, -0.2) is 35.6 Å². The molecule has 8 heteroatoms. The van der Waals surface area contributed by atoms with E-state index >= 15 is 0 Å². The van der Waals surface area contributed by atoms with Gasteiger partial charge in [0.25, 0.3) is 5.91 Å². The molecule has 0 aliphatic heterocycles. The topological polar surface area (TPSA) is 59.2 Å². The van der Waals surface area contributed by atoms with E-state index in [0.717, 1.165) is 18.4 Å². The molecule has 1 rings (SSSR count). The molecule has 1 aromatic heterocycles. The molecule has 0 spiro atoms. The van der Waals surface area contributed by atoms with Gasteiger partial charge in [0.15, 0.2) is 0 Å². The molecular formula is C9H12F3N3OS. The van der Waals surface area contributed by atoms with E-state index in [1.165, 1.54) is 5.38 Å². The van der Waals surface area contributed by atoms with Gasteiger partial charge >= 0.3 is 6.18 Å². The molecule has 4 nitrogen and oxygen atoms in total. The summed E-state index contributed by atoms with van der Waals surface area (Å²) in [6, 6.07) is -0.338. The van der Waals surface area contributed by atoms with Crippen molar-refractivity contribution in [3.05, 3.63) is 16.1 Å². The van der Waals surface area contributed by atoms with E-state index in [1.54, 1.807) is 6.92 Å². The minimum Gasteiger partial charge on any atom is -0.331 e. The number of carbonyl (C=O) groups is 1. The number of alkyl halides is 3. The molecule has 0 saturated carbocycles. The van der Waals surface area contributed by atoms with E-state index < -0.39 is 18.6 Å². The molecule has 1 atom stereocenters. The highest BCUT2D eigenvalue weighted by Crippen LogP contribution is 2.19. The average molecular weight is 267 g/mol. The summed E-state index contributed by atoms with van der Waals surface area (Å²) in [5.41, 5.74) is 5.54. The van der Waals surface area contributed by atoms with Crippen molar-refractivity contribution < 1.29 is 18.0 Å². The third kappa shape index (κ3) is 3.97. The maximum atomic E-state index is 12.1. The van der Waals surface area contributed by atoms with E-state index in [-0.39, 0.29) is 11.7 Å². The summed E-state index contributed by atoms with van der Waals surface area (Å²) in [5.74, 6) is -0.759. The van der Waals surface area contributed by atoms with Crippen molar-refractivity contribution in [2.24, 2.45) is 5.73 Å². The van der Waals surface area contributed by atoms with Crippen molar-refractivity contribution in [1.82, 2.24) is 9.88 Å². The lowest BCUT2D eigenvalue weighted by Crippen LogP contribution is -2.36. The average Bonchev–Trinajstić information content (AvgIpc) is 2.62. The highest BCUT2D eigenvalue weighted by molar-refractivity contribution is 7.09. The van der Waals surface area contributed by atoms with Gasteiger partial charge in [0.05, 0.1) is 6.04 Å². The molecule has 96 valence electrons. The van der Waals surface area contributed by atoms with Crippen LogP contribution in [0.15, 0.2) is 5.38 Å². The van der Waals surface area contributed by atoms with Crippen LogP contribution in [0.3, 0.4) is 0 Å². The number of carbonyl (C=O) groups excluding carboxylic acids is 1. The van der Waals surface area contributed by atoms with Crippen molar-refractivity contribution in [2.75, 3.05) is 13.6 Å². The SMILES string of the molecule is CC(N)c1nc(C(=O)N(C)CC(F)(F)F)cs1. The number of halogens is 3. The Morgan fingerprint density at radius 1 is 1.65 bits per heavy atom. The first kappa shape index (κ1) is 13.9. The van der Waals surface area contributed by atoms with Crippen LogP contribution in [0.25, 0.3) is 0 Å². The van der Waals surface area contributed by atoms with Crippen LogP contribution in [0.2, 0.25) is 0 Å². The van der Waals surface area contributed by atoms with Crippen molar-refractivity contribution >= 4 is 17.2 Å². The quantitative estimate of drug-likeness (QED) is 0.908. The van der Waals surface area contributed by atoms with E-state index in [4.69, 9.17) is 5.73 Å². The molecule has 0 bridgehead atoms. The number of rotatable bonds is 3. The second-order valence-corrected chi connectivity index (χ2v) is 4.53. The Balaban J connectivity index is 2.75. The van der Waals surface area contributed by atoms with Gasteiger partial charge in [-0.2, -0.15) is 13.2 Å². The fourth-order valence-electron chi connectivity index (χ4n) is 1.13. The predicted molar refractivity (Wildman–Crippen MR) is 57.7 cm³/mol. The summed E-state index contributed by atoms with van der Waals surface area (Å²) in [4.78, 5) is 16.1. The highest BCUT2D eigenvalue weighted by Gasteiger charge is 2.32. The summed E-state index contributed by atoms with van der Waals surface area (Å²) < 4.78 is 36.3. The van der Waals surface area contributed by atoms with Gasteiger partial charge in [-0.1, -0.05) is 0 Å². The van der Waals surface area contributed by atoms with Gasteiger partial charge in [-0.15, -0.1) is 11.3 Å². The zero-order valence-electron chi connectivity index (χ0n) is 9.28. The lowest BCUT2D eigenvalue weighted by Gasteiger charge is -2.17. The van der Waals surface area contributed by atoms with Crippen LogP contribution in [-0.2, 0) is 0 Å². The fraction of sp³-hybridized carbons (Fsp3) is 0.556. The van der Waals surface area contributed by atoms with Gasteiger partial charge in [0.1, 0.15) is 17.2 Å². The van der Waals surface area contributed by atoms with Crippen LogP contribution in [0.5, 0.6) is 0 Å². The third-order valence-electron chi connectivity index (χ3n) is 1.89. The number of nitrogens with zero attached hydrogens (tertiary/aromatic N) is 2.